The van der Waals surface area contributed by atoms with Crippen LogP contribution in [0.25, 0.3) is 0 Å². The van der Waals surface area contributed by atoms with E-state index >= 15 is 0 Å². The molecule has 0 saturated heterocycles. The number of hydrogen-bond acceptors (Lipinski definition) is 1. The third-order valence-electron chi connectivity index (χ3n) is 2.29. The first-order valence-corrected chi connectivity index (χ1v) is 4.74. The Bertz CT molecular complexity index is 403. The fourth-order valence-corrected chi connectivity index (χ4v) is 1.26. The van der Waals surface area contributed by atoms with Crippen molar-refractivity contribution in [2.75, 3.05) is 0 Å². The van der Waals surface area contributed by atoms with E-state index in [2.05, 4.69) is 0 Å². The van der Waals surface area contributed by atoms with Gasteiger partial charge in [-0.05, 0) is 25.5 Å². The molecule has 1 aromatic carbocycles. The maximum absolute atomic E-state index is 13.0. The van der Waals surface area contributed by atoms with Crippen molar-refractivity contribution in [3.05, 3.63) is 35.4 Å². The second-order valence-corrected chi connectivity index (χ2v) is 4.21. The quantitative estimate of drug-likeness (QED) is 0.800. The van der Waals surface area contributed by atoms with Gasteiger partial charge in [-0.15, -0.1) is 0 Å². The molecule has 0 atom stereocenters. The summed E-state index contributed by atoms with van der Waals surface area (Å²) >= 11 is 0. The zero-order chi connectivity index (χ0) is 13.5. The predicted molar refractivity (Wildman–Crippen MR) is 51.6 cm³/mol. The zero-order valence-corrected chi connectivity index (χ0v) is 9.15. The summed E-state index contributed by atoms with van der Waals surface area (Å²) in [5, 5.41) is 9.56. The Balaban J connectivity index is 3.26. The van der Waals surface area contributed by atoms with E-state index in [1.54, 1.807) is 0 Å². The smallest absolute Gasteiger partial charge is 0.386 e. The summed E-state index contributed by atoms with van der Waals surface area (Å²) in [5.74, 6) is -4.92. The molecule has 0 radical (unpaired) electrons. The van der Waals surface area contributed by atoms with Gasteiger partial charge in [0.1, 0.15) is 0 Å². The van der Waals surface area contributed by atoms with Gasteiger partial charge in [0, 0.05) is 5.56 Å². The van der Waals surface area contributed by atoms with Crippen LogP contribution in [0.15, 0.2) is 24.3 Å². The van der Waals surface area contributed by atoms with Crippen LogP contribution in [-0.2, 0) is 11.5 Å². The van der Waals surface area contributed by atoms with Crippen molar-refractivity contribution in [3.8, 4) is 0 Å². The first-order valence-electron chi connectivity index (χ1n) is 4.74. The number of halogens is 5. The molecule has 6 heteroatoms. The lowest BCUT2D eigenvalue weighted by Gasteiger charge is -2.23. The minimum absolute atomic E-state index is 0.000995. The summed E-state index contributed by atoms with van der Waals surface area (Å²) in [5.41, 5.74) is -2.65. The molecule has 0 aliphatic heterocycles. The van der Waals surface area contributed by atoms with Crippen molar-refractivity contribution in [2.45, 2.75) is 31.5 Å². The van der Waals surface area contributed by atoms with E-state index in [-0.39, 0.29) is 5.56 Å². The van der Waals surface area contributed by atoms with Crippen LogP contribution in [0.5, 0.6) is 0 Å². The number of alkyl halides is 5. The summed E-state index contributed by atoms with van der Waals surface area (Å²) in [4.78, 5) is 0. The van der Waals surface area contributed by atoms with Gasteiger partial charge in [0.2, 0.25) is 0 Å². The molecular weight excluding hydrogens is 243 g/mol. The van der Waals surface area contributed by atoms with Crippen molar-refractivity contribution in [2.24, 2.45) is 0 Å². The standard InChI is InChI=1S/C11H11F5O/c1-9(2,17)7-4-3-5-8(6-7)10(12,13)11(14,15)16/h3-6,17H,1-2H3. The van der Waals surface area contributed by atoms with Gasteiger partial charge in [-0.2, -0.15) is 22.0 Å². The highest BCUT2D eigenvalue weighted by atomic mass is 19.4. The summed E-state index contributed by atoms with van der Waals surface area (Å²) in [6, 6.07) is 3.69. The average molecular weight is 254 g/mol. The van der Waals surface area contributed by atoms with Gasteiger partial charge in [-0.25, -0.2) is 0 Å². The van der Waals surface area contributed by atoms with Gasteiger partial charge >= 0.3 is 12.1 Å². The van der Waals surface area contributed by atoms with E-state index < -0.39 is 23.3 Å². The van der Waals surface area contributed by atoms with Crippen molar-refractivity contribution < 1.29 is 27.1 Å². The molecular formula is C11H11F5O. The highest BCUT2D eigenvalue weighted by Crippen LogP contribution is 2.44. The Morgan fingerprint density at radius 1 is 0.941 bits per heavy atom. The van der Waals surface area contributed by atoms with E-state index in [0.29, 0.717) is 12.1 Å². The number of benzene rings is 1. The van der Waals surface area contributed by atoms with Gasteiger partial charge in [0.25, 0.3) is 0 Å². The Hall–Kier alpha value is -1.17. The molecule has 1 rings (SSSR count). The molecule has 0 aliphatic rings. The monoisotopic (exact) mass is 254 g/mol. The Kier molecular flexibility index (Phi) is 3.22. The molecule has 17 heavy (non-hydrogen) atoms. The minimum atomic E-state index is -5.65. The third-order valence-corrected chi connectivity index (χ3v) is 2.29. The van der Waals surface area contributed by atoms with Crippen LogP contribution in [0, 0.1) is 0 Å². The number of aliphatic hydroxyl groups is 1. The van der Waals surface area contributed by atoms with Crippen LogP contribution in [-0.4, -0.2) is 11.3 Å². The summed E-state index contributed by atoms with van der Waals surface area (Å²) in [6.07, 6.45) is -5.65. The number of rotatable bonds is 2. The van der Waals surface area contributed by atoms with Crippen LogP contribution in [0.2, 0.25) is 0 Å². The van der Waals surface area contributed by atoms with E-state index in [4.69, 9.17) is 0 Å². The van der Waals surface area contributed by atoms with Gasteiger partial charge < -0.3 is 5.11 Å². The molecule has 0 fully saturated rings. The van der Waals surface area contributed by atoms with Crippen molar-refractivity contribution in [1.82, 2.24) is 0 Å². The molecule has 1 aromatic rings. The fraction of sp³-hybridized carbons (Fsp3) is 0.455. The lowest BCUT2D eigenvalue weighted by molar-refractivity contribution is -0.289. The highest BCUT2D eigenvalue weighted by molar-refractivity contribution is 5.30. The second-order valence-electron chi connectivity index (χ2n) is 4.21. The Morgan fingerprint density at radius 2 is 1.41 bits per heavy atom. The molecule has 0 aliphatic carbocycles. The lowest BCUT2D eigenvalue weighted by atomic mass is 9.95. The van der Waals surface area contributed by atoms with Crippen LogP contribution >= 0.6 is 0 Å². The van der Waals surface area contributed by atoms with E-state index in [9.17, 15) is 27.1 Å². The minimum Gasteiger partial charge on any atom is -0.386 e. The SMILES string of the molecule is CC(C)(O)c1cccc(C(F)(F)C(F)(F)F)c1. The maximum Gasteiger partial charge on any atom is 0.458 e. The first-order chi connectivity index (χ1) is 7.46. The van der Waals surface area contributed by atoms with Crippen molar-refractivity contribution in [3.63, 3.8) is 0 Å². The topological polar surface area (TPSA) is 20.2 Å². The average Bonchev–Trinajstić information content (AvgIpc) is 2.15. The summed E-state index contributed by atoms with van der Waals surface area (Å²) < 4.78 is 62.5. The molecule has 0 bridgehead atoms. The van der Waals surface area contributed by atoms with Gasteiger partial charge in [0.05, 0.1) is 5.60 Å². The Labute approximate surface area is 94.9 Å². The normalized spacial score (nSPS) is 13.9. The van der Waals surface area contributed by atoms with Crippen LogP contribution in [0.1, 0.15) is 25.0 Å². The van der Waals surface area contributed by atoms with Crippen LogP contribution in [0.3, 0.4) is 0 Å². The molecule has 1 N–H and O–H groups in total. The largest absolute Gasteiger partial charge is 0.458 e. The third kappa shape index (κ3) is 2.74. The summed E-state index contributed by atoms with van der Waals surface area (Å²) in [6.45, 7) is 2.61. The molecule has 96 valence electrons. The van der Waals surface area contributed by atoms with Gasteiger partial charge in [0.15, 0.2) is 0 Å². The molecule has 1 nitrogen and oxygen atoms in total. The van der Waals surface area contributed by atoms with Gasteiger partial charge in [-0.3, -0.25) is 0 Å². The molecule has 0 aromatic heterocycles. The summed E-state index contributed by atoms with van der Waals surface area (Å²) in [7, 11) is 0. The highest BCUT2D eigenvalue weighted by Gasteiger charge is 2.58. The second kappa shape index (κ2) is 3.94. The fourth-order valence-electron chi connectivity index (χ4n) is 1.26. The van der Waals surface area contributed by atoms with Gasteiger partial charge in [-0.1, -0.05) is 18.2 Å². The van der Waals surface area contributed by atoms with Crippen molar-refractivity contribution >= 4 is 0 Å². The molecule has 0 amide bonds. The maximum atomic E-state index is 13.0. The van der Waals surface area contributed by atoms with Crippen LogP contribution < -0.4 is 0 Å². The molecule has 0 spiro atoms. The number of hydrogen-bond donors (Lipinski definition) is 1. The molecule has 0 saturated carbocycles. The van der Waals surface area contributed by atoms with Crippen LogP contribution in [0.4, 0.5) is 22.0 Å². The van der Waals surface area contributed by atoms with E-state index in [0.717, 1.165) is 6.07 Å². The molecule has 0 unspecified atom stereocenters. The lowest BCUT2D eigenvalue weighted by Crippen LogP contribution is -2.34. The Morgan fingerprint density at radius 3 is 1.82 bits per heavy atom. The van der Waals surface area contributed by atoms with E-state index in [1.807, 2.05) is 0 Å². The zero-order valence-electron chi connectivity index (χ0n) is 9.15. The first kappa shape index (κ1) is 13.9. The van der Waals surface area contributed by atoms with Crippen molar-refractivity contribution in [1.29, 1.82) is 0 Å². The predicted octanol–water partition coefficient (Wildman–Crippen LogP) is 3.57. The van der Waals surface area contributed by atoms with E-state index in [1.165, 1.54) is 19.9 Å². The molecule has 0 heterocycles.